The number of rotatable bonds is 5. The first-order valence-corrected chi connectivity index (χ1v) is 11.0. The molecular formula is C27H27N3O3. The van der Waals surface area contributed by atoms with Crippen molar-refractivity contribution in [1.29, 1.82) is 0 Å². The zero-order valence-corrected chi connectivity index (χ0v) is 18.8. The fraction of sp³-hybridized carbons (Fsp3) is 0.222. The number of aryl methyl sites for hydroxylation is 2. The molecule has 6 heteroatoms. The fourth-order valence-corrected chi connectivity index (χ4v) is 4.04. The highest BCUT2D eigenvalue weighted by Crippen LogP contribution is 2.32. The average Bonchev–Trinajstić information content (AvgIpc) is 2.83. The number of nitrogens with one attached hydrogen (secondary N) is 2. The highest BCUT2D eigenvalue weighted by atomic mass is 16.2. The molecule has 6 nitrogen and oxygen atoms in total. The van der Waals surface area contributed by atoms with Crippen LogP contribution in [0.1, 0.15) is 40.4 Å². The van der Waals surface area contributed by atoms with Crippen molar-refractivity contribution in [2.24, 2.45) is 0 Å². The molecule has 3 aromatic carbocycles. The molecule has 3 aromatic rings. The summed E-state index contributed by atoms with van der Waals surface area (Å²) in [5, 5.41) is 5.72. The number of nitrogens with zero attached hydrogens (tertiary/aromatic N) is 1. The molecule has 4 rings (SSSR count). The number of anilines is 2. The molecule has 0 saturated carbocycles. The van der Waals surface area contributed by atoms with E-state index in [1.165, 1.54) is 6.92 Å². The van der Waals surface area contributed by atoms with Crippen molar-refractivity contribution in [3.63, 3.8) is 0 Å². The van der Waals surface area contributed by atoms with Crippen molar-refractivity contribution in [3.05, 3.63) is 95.1 Å². The lowest BCUT2D eigenvalue weighted by molar-refractivity contribution is -0.119. The minimum atomic E-state index is -0.618. The van der Waals surface area contributed by atoms with Gasteiger partial charge in [-0.05, 0) is 61.2 Å². The zero-order valence-electron chi connectivity index (χ0n) is 18.8. The lowest BCUT2D eigenvalue weighted by Gasteiger charge is -2.36. The average molecular weight is 442 g/mol. The molecule has 0 spiro atoms. The highest BCUT2D eigenvalue weighted by molar-refractivity contribution is 6.12. The molecule has 3 amide bonds. The summed E-state index contributed by atoms with van der Waals surface area (Å²) in [5.41, 5.74) is 5.02. The number of benzene rings is 3. The van der Waals surface area contributed by atoms with E-state index in [1.54, 1.807) is 17.0 Å². The molecule has 168 valence electrons. The molecule has 1 atom stereocenters. The lowest BCUT2D eigenvalue weighted by Crippen LogP contribution is -2.50. The van der Waals surface area contributed by atoms with E-state index in [-0.39, 0.29) is 17.7 Å². The van der Waals surface area contributed by atoms with Crippen LogP contribution in [-0.4, -0.2) is 23.8 Å². The van der Waals surface area contributed by atoms with Crippen LogP contribution in [0.15, 0.2) is 72.8 Å². The SMILES string of the molecule is CC(=O)NCc1ccc(C(=O)N2c3ccccc3CCC2C(=O)Nc2ccc(C)cc2)cc1. The first-order valence-electron chi connectivity index (χ1n) is 11.0. The van der Waals surface area contributed by atoms with Crippen LogP contribution in [-0.2, 0) is 22.6 Å². The molecule has 0 aromatic heterocycles. The van der Waals surface area contributed by atoms with Gasteiger partial charge in [0.15, 0.2) is 0 Å². The lowest BCUT2D eigenvalue weighted by atomic mass is 9.94. The minimum absolute atomic E-state index is 0.109. The number of hydrogen-bond acceptors (Lipinski definition) is 3. The van der Waals surface area contributed by atoms with Crippen LogP contribution in [0.2, 0.25) is 0 Å². The van der Waals surface area contributed by atoms with Crippen molar-refractivity contribution in [3.8, 4) is 0 Å². The van der Waals surface area contributed by atoms with Crippen molar-refractivity contribution < 1.29 is 14.4 Å². The number of carbonyl (C=O) groups is 3. The van der Waals surface area contributed by atoms with Gasteiger partial charge < -0.3 is 10.6 Å². The first-order chi connectivity index (χ1) is 15.9. The molecule has 0 saturated heterocycles. The normalized spacial score (nSPS) is 14.8. The summed E-state index contributed by atoms with van der Waals surface area (Å²) in [6.45, 7) is 3.86. The van der Waals surface area contributed by atoms with Crippen LogP contribution < -0.4 is 15.5 Å². The van der Waals surface area contributed by atoms with Crippen molar-refractivity contribution in [1.82, 2.24) is 5.32 Å². The van der Waals surface area contributed by atoms with Gasteiger partial charge in [-0.3, -0.25) is 19.3 Å². The van der Waals surface area contributed by atoms with Crippen LogP contribution >= 0.6 is 0 Å². The quantitative estimate of drug-likeness (QED) is 0.622. The molecule has 0 fully saturated rings. The van der Waals surface area contributed by atoms with E-state index in [9.17, 15) is 14.4 Å². The first kappa shape index (κ1) is 22.3. The number of fused-ring (bicyclic) bond motifs is 1. The van der Waals surface area contributed by atoms with Gasteiger partial charge in [-0.25, -0.2) is 0 Å². The Kier molecular flexibility index (Phi) is 6.54. The van der Waals surface area contributed by atoms with E-state index in [4.69, 9.17) is 0 Å². The molecule has 0 bridgehead atoms. The second kappa shape index (κ2) is 9.69. The Morgan fingerprint density at radius 2 is 1.64 bits per heavy atom. The highest BCUT2D eigenvalue weighted by Gasteiger charge is 2.36. The maximum Gasteiger partial charge on any atom is 0.259 e. The number of para-hydroxylation sites is 1. The largest absolute Gasteiger partial charge is 0.352 e. The summed E-state index contributed by atoms with van der Waals surface area (Å²) in [7, 11) is 0. The fourth-order valence-electron chi connectivity index (χ4n) is 4.04. The summed E-state index contributed by atoms with van der Waals surface area (Å²) in [4.78, 5) is 39.7. The van der Waals surface area contributed by atoms with Crippen molar-refractivity contribution >= 4 is 29.1 Å². The van der Waals surface area contributed by atoms with E-state index >= 15 is 0 Å². The van der Waals surface area contributed by atoms with Gasteiger partial charge in [-0.2, -0.15) is 0 Å². The van der Waals surface area contributed by atoms with Gasteiger partial charge in [0.25, 0.3) is 5.91 Å². The molecule has 0 radical (unpaired) electrons. The molecule has 1 unspecified atom stereocenters. The molecule has 1 aliphatic rings. The Balaban J connectivity index is 1.61. The second-order valence-electron chi connectivity index (χ2n) is 8.32. The van der Waals surface area contributed by atoms with Gasteiger partial charge in [0.1, 0.15) is 6.04 Å². The Morgan fingerprint density at radius 3 is 2.33 bits per heavy atom. The maximum atomic E-state index is 13.6. The van der Waals surface area contributed by atoms with Crippen molar-refractivity contribution in [2.45, 2.75) is 39.3 Å². The number of hydrogen-bond donors (Lipinski definition) is 2. The predicted molar refractivity (Wildman–Crippen MR) is 129 cm³/mol. The van der Waals surface area contributed by atoms with Crippen LogP contribution in [0.25, 0.3) is 0 Å². The Bertz CT molecular complexity index is 1170. The Labute approximate surface area is 193 Å². The molecule has 1 heterocycles. The van der Waals surface area contributed by atoms with E-state index in [1.807, 2.05) is 67.6 Å². The molecule has 0 aliphatic carbocycles. The topological polar surface area (TPSA) is 78.5 Å². The molecular weight excluding hydrogens is 414 g/mol. The van der Waals surface area contributed by atoms with Gasteiger partial charge in [-0.1, -0.05) is 48.0 Å². The third-order valence-electron chi connectivity index (χ3n) is 5.83. The smallest absolute Gasteiger partial charge is 0.259 e. The van der Waals surface area contributed by atoms with Crippen LogP contribution in [0, 0.1) is 6.92 Å². The predicted octanol–water partition coefficient (Wildman–Crippen LogP) is 4.23. The van der Waals surface area contributed by atoms with E-state index in [2.05, 4.69) is 10.6 Å². The van der Waals surface area contributed by atoms with E-state index in [0.29, 0.717) is 24.2 Å². The van der Waals surface area contributed by atoms with Crippen molar-refractivity contribution in [2.75, 3.05) is 10.2 Å². The summed E-state index contributed by atoms with van der Waals surface area (Å²) in [6, 6.07) is 21.8. The van der Waals surface area contributed by atoms with Gasteiger partial charge >= 0.3 is 0 Å². The molecule has 33 heavy (non-hydrogen) atoms. The van der Waals surface area contributed by atoms with Crippen LogP contribution in [0.3, 0.4) is 0 Å². The van der Waals surface area contributed by atoms with Crippen LogP contribution in [0.5, 0.6) is 0 Å². The second-order valence-corrected chi connectivity index (χ2v) is 8.32. The zero-order chi connectivity index (χ0) is 23.4. The maximum absolute atomic E-state index is 13.6. The van der Waals surface area contributed by atoms with Gasteiger partial charge in [0.05, 0.1) is 0 Å². The Hall–Kier alpha value is -3.93. The minimum Gasteiger partial charge on any atom is -0.352 e. The van der Waals surface area contributed by atoms with Gasteiger partial charge in [0, 0.05) is 30.4 Å². The Morgan fingerprint density at radius 1 is 0.939 bits per heavy atom. The number of amides is 3. The monoisotopic (exact) mass is 441 g/mol. The standard InChI is InChI=1S/C27H27N3O3/c1-18-7-14-23(15-8-18)29-26(32)25-16-13-21-5-3-4-6-24(21)30(25)27(33)22-11-9-20(10-12-22)17-28-19(2)31/h3-12,14-15,25H,13,16-17H2,1-2H3,(H,28,31)(H,29,32). The third kappa shape index (κ3) is 5.12. The number of carbonyl (C=O) groups excluding carboxylic acids is 3. The van der Waals surface area contributed by atoms with Gasteiger partial charge in [-0.15, -0.1) is 0 Å². The summed E-state index contributed by atoms with van der Waals surface area (Å²) >= 11 is 0. The van der Waals surface area contributed by atoms with E-state index in [0.717, 1.165) is 28.8 Å². The van der Waals surface area contributed by atoms with E-state index < -0.39 is 6.04 Å². The van der Waals surface area contributed by atoms with Gasteiger partial charge in [0.2, 0.25) is 11.8 Å². The third-order valence-corrected chi connectivity index (χ3v) is 5.83. The summed E-state index contributed by atoms with van der Waals surface area (Å²) in [5.74, 6) is -0.538. The molecule has 1 aliphatic heterocycles. The molecule has 2 N–H and O–H groups in total. The summed E-state index contributed by atoms with van der Waals surface area (Å²) < 4.78 is 0. The van der Waals surface area contributed by atoms with Crippen LogP contribution in [0.4, 0.5) is 11.4 Å². The summed E-state index contributed by atoms with van der Waals surface area (Å²) in [6.07, 6.45) is 1.27.